The Balaban J connectivity index is 5.01. The van der Waals surface area contributed by atoms with Gasteiger partial charge in [0.2, 0.25) is 5.91 Å². The van der Waals surface area contributed by atoms with Crippen LogP contribution in [0.3, 0.4) is 0 Å². The van der Waals surface area contributed by atoms with Crippen LogP contribution in [0.1, 0.15) is 27.7 Å². The number of hydrogen-bond donors (Lipinski definition) is 2. The van der Waals surface area contributed by atoms with Crippen LogP contribution in [0, 0.1) is 11.3 Å². The summed E-state index contributed by atoms with van der Waals surface area (Å²) in [4.78, 5) is 24.3. The molecular weight excluding hydrogens is 232 g/mol. The second-order valence-electron chi connectivity index (χ2n) is 4.86. The second kappa shape index (κ2) is 6.77. The van der Waals surface area contributed by atoms with Crippen molar-refractivity contribution in [1.82, 2.24) is 10.2 Å². The van der Waals surface area contributed by atoms with Gasteiger partial charge in [0, 0.05) is 31.8 Å². The van der Waals surface area contributed by atoms with Crippen molar-refractivity contribution < 1.29 is 9.59 Å². The number of carbonyl (C=O) groups is 2. The lowest BCUT2D eigenvalue weighted by atomic mass is 10.1. The molecule has 0 aromatic heterocycles. The lowest BCUT2D eigenvalue weighted by Crippen LogP contribution is -2.41. The third-order valence-corrected chi connectivity index (χ3v) is 1.91. The second-order valence-corrected chi connectivity index (χ2v) is 4.86. The molecule has 0 unspecified atom stereocenters. The zero-order chi connectivity index (χ0) is 14.3. The zero-order valence-electron chi connectivity index (χ0n) is 11.3. The van der Waals surface area contributed by atoms with Crippen molar-refractivity contribution in [2.75, 3.05) is 13.1 Å². The molecule has 3 N–H and O–H groups in total. The van der Waals surface area contributed by atoms with Crippen molar-refractivity contribution in [2.24, 2.45) is 5.73 Å². The molecule has 6 heteroatoms. The van der Waals surface area contributed by atoms with Crippen LogP contribution in [0.5, 0.6) is 0 Å². The van der Waals surface area contributed by atoms with E-state index in [9.17, 15) is 9.59 Å². The van der Waals surface area contributed by atoms with E-state index < -0.39 is 11.4 Å². The van der Waals surface area contributed by atoms with Gasteiger partial charge in [-0.3, -0.25) is 9.59 Å². The maximum Gasteiger partial charge on any atom is 0.263 e. The molecule has 0 saturated carbocycles. The van der Waals surface area contributed by atoms with Crippen LogP contribution in [0.25, 0.3) is 0 Å². The molecule has 0 atom stereocenters. The summed E-state index contributed by atoms with van der Waals surface area (Å²) in [5.41, 5.74) is 4.80. The average molecular weight is 252 g/mol. The highest BCUT2D eigenvalue weighted by atomic mass is 16.2. The molecule has 0 rings (SSSR count). The van der Waals surface area contributed by atoms with Gasteiger partial charge in [0.05, 0.1) is 0 Å². The van der Waals surface area contributed by atoms with Crippen LogP contribution in [0.4, 0.5) is 0 Å². The van der Waals surface area contributed by atoms with E-state index in [-0.39, 0.29) is 24.6 Å². The Kier molecular flexibility index (Phi) is 6.06. The fourth-order valence-electron chi connectivity index (χ4n) is 1.15. The Morgan fingerprint density at radius 2 is 2.00 bits per heavy atom. The molecule has 0 aromatic carbocycles. The normalized spacial score (nSPS) is 11.7. The highest BCUT2D eigenvalue weighted by Crippen LogP contribution is 2.04. The Morgan fingerprint density at radius 1 is 1.44 bits per heavy atom. The van der Waals surface area contributed by atoms with Crippen LogP contribution in [0.15, 0.2) is 11.8 Å². The van der Waals surface area contributed by atoms with E-state index in [0.717, 1.165) is 0 Å². The van der Waals surface area contributed by atoms with E-state index >= 15 is 0 Å². The predicted octanol–water partition coefficient (Wildman–Crippen LogP) is 0.116. The molecule has 0 aliphatic rings. The summed E-state index contributed by atoms with van der Waals surface area (Å²) < 4.78 is 0. The van der Waals surface area contributed by atoms with Gasteiger partial charge < -0.3 is 16.0 Å². The number of amides is 2. The number of nitriles is 1. The van der Waals surface area contributed by atoms with Crippen molar-refractivity contribution in [1.29, 1.82) is 5.26 Å². The summed E-state index contributed by atoms with van der Waals surface area (Å²) >= 11 is 0. The van der Waals surface area contributed by atoms with Gasteiger partial charge in [0.1, 0.15) is 11.6 Å². The monoisotopic (exact) mass is 252 g/mol. The first-order chi connectivity index (χ1) is 8.21. The van der Waals surface area contributed by atoms with Crippen molar-refractivity contribution in [3.05, 3.63) is 11.8 Å². The maximum atomic E-state index is 11.8. The Morgan fingerprint density at radius 3 is 2.33 bits per heavy atom. The number of rotatable bonds is 4. The van der Waals surface area contributed by atoms with E-state index in [1.54, 1.807) is 6.07 Å². The minimum absolute atomic E-state index is 0.117. The van der Waals surface area contributed by atoms with Gasteiger partial charge in [-0.25, -0.2) is 0 Å². The number of hydrogen-bond acceptors (Lipinski definition) is 4. The summed E-state index contributed by atoms with van der Waals surface area (Å²) in [6.07, 6.45) is 1.23. The van der Waals surface area contributed by atoms with Crippen molar-refractivity contribution in [3.63, 3.8) is 0 Å². The standard InChI is InChI=1S/C12H20N4O2/c1-9(17)16(6-5-13)8-10(7-14)11(18)15-12(2,3)4/h8H,5-6,13H2,1-4H3,(H,15,18)/b10-8-. The minimum atomic E-state index is -0.506. The molecule has 2 amide bonds. The molecule has 0 aliphatic carbocycles. The molecule has 0 radical (unpaired) electrons. The van der Waals surface area contributed by atoms with Crippen molar-refractivity contribution in [3.8, 4) is 6.07 Å². The highest BCUT2D eigenvalue weighted by Gasteiger charge is 2.18. The minimum Gasteiger partial charge on any atom is -0.347 e. The van der Waals surface area contributed by atoms with E-state index in [2.05, 4.69) is 5.32 Å². The van der Waals surface area contributed by atoms with Gasteiger partial charge in [0.25, 0.3) is 5.91 Å². The Bertz CT molecular complexity index is 388. The SMILES string of the molecule is CC(=O)N(/C=C(/C#N)C(=O)NC(C)(C)C)CCN. The van der Waals surface area contributed by atoms with E-state index in [4.69, 9.17) is 11.0 Å². The third-order valence-electron chi connectivity index (χ3n) is 1.91. The van der Waals surface area contributed by atoms with Crippen LogP contribution >= 0.6 is 0 Å². The summed E-state index contributed by atoms with van der Waals surface area (Å²) in [7, 11) is 0. The molecule has 0 saturated heterocycles. The lowest BCUT2D eigenvalue weighted by Gasteiger charge is -2.21. The van der Waals surface area contributed by atoms with Crippen LogP contribution in [-0.2, 0) is 9.59 Å². The van der Waals surface area contributed by atoms with Gasteiger partial charge in [-0.2, -0.15) is 5.26 Å². The zero-order valence-corrected chi connectivity index (χ0v) is 11.3. The molecule has 0 spiro atoms. The summed E-state index contributed by atoms with van der Waals surface area (Å²) in [6.45, 7) is 7.30. The number of nitrogens with zero attached hydrogens (tertiary/aromatic N) is 2. The lowest BCUT2D eigenvalue weighted by molar-refractivity contribution is -0.126. The summed E-state index contributed by atoms with van der Waals surface area (Å²) in [6, 6.07) is 1.78. The summed E-state index contributed by atoms with van der Waals surface area (Å²) in [5, 5.41) is 11.6. The van der Waals surface area contributed by atoms with Crippen LogP contribution < -0.4 is 11.1 Å². The first-order valence-electron chi connectivity index (χ1n) is 5.63. The van der Waals surface area contributed by atoms with Crippen LogP contribution in [0.2, 0.25) is 0 Å². The van der Waals surface area contributed by atoms with E-state index in [0.29, 0.717) is 0 Å². The van der Waals surface area contributed by atoms with E-state index in [1.165, 1.54) is 18.0 Å². The first kappa shape index (κ1) is 16.1. The Hall–Kier alpha value is -1.87. The van der Waals surface area contributed by atoms with Gasteiger partial charge in [-0.15, -0.1) is 0 Å². The van der Waals surface area contributed by atoms with Crippen molar-refractivity contribution in [2.45, 2.75) is 33.2 Å². The third kappa shape index (κ3) is 6.01. The smallest absolute Gasteiger partial charge is 0.263 e. The molecule has 0 aromatic rings. The number of nitrogens with two attached hydrogens (primary N) is 1. The molecule has 0 heterocycles. The van der Waals surface area contributed by atoms with Crippen molar-refractivity contribution >= 4 is 11.8 Å². The van der Waals surface area contributed by atoms with E-state index in [1.807, 2.05) is 20.8 Å². The highest BCUT2D eigenvalue weighted by molar-refractivity contribution is 5.98. The molecule has 0 fully saturated rings. The summed E-state index contributed by atoms with van der Waals surface area (Å²) in [5.74, 6) is -0.773. The molecule has 18 heavy (non-hydrogen) atoms. The maximum absolute atomic E-state index is 11.8. The predicted molar refractivity (Wildman–Crippen MR) is 68.0 cm³/mol. The number of carbonyl (C=O) groups excluding carboxylic acids is 2. The Labute approximate surface area is 107 Å². The molecule has 0 bridgehead atoms. The van der Waals surface area contributed by atoms with Gasteiger partial charge in [-0.05, 0) is 20.8 Å². The number of nitrogens with one attached hydrogen (secondary N) is 1. The van der Waals surface area contributed by atoms with Gasteiger partial charge >= 0.3 is 0 Å². The quantitative estimate of drug-likeness (QED) is 0.548. The average Bonchev–Trinajstić information content (AvgIpc) is 2.20. The van der Waals surface area contributed by atoms with Crippen LogP contribution in [-0.4, -0.2) is 35.3 Å². The fourth-order valence-corrected chi connectivity index (χ4v) is 1.15. The molecule has 6 nitrogen and oxygen atoms in total. The molecular formula is C12H20N4O2. The fraction of sp³-hybridized carbons (Fsp3) is 0.583. The topological polar surface area (TPSA) is 99.2 Å². The molecule has 0 aliphatic heterocycles. The molecule has 100 valence electrons. The first-order valence-corrected chi connectivity index (χ1v) is 5.63. The van der Waals surface area contributed by atoms with Gasteiger partial charge in [-0.1, -0.05) is 0 Å². The largest absolute Gasteiger partial charge is 0.347 e. The van der Waals surface area contributed by atoms with Gasteiger partial charge in [0.15, 0.2) is 0 Å².